The largest absolute Gasteiger partial charge is 0.454 e. The molecule has 0 N–H and O–H groups in total. The molecule has 25 heavy (non-hydrogen) atoms. The van der Waals surface area contributed by atoms with Crippen LogP contribution in [0.15, 0.2) is 51.8 Å². The molecule has 5 rings (SSSR count). The predicted molar refractivity (Wildman–Crippen MR) is 82.4 cm³/mol. The molecule has 0 bridgehead atoms. The average molecular weight is 335 g/mol. The first-order valence-corrected chi connectivity index (χ1v) is 7.35. The van der Waals surface area contributed by atoms with E-state index in [0.29, 0.717) is 23.1 Å². The van der Waals surface area contributed by atoms with Gasteiger partial charge in [-0.1, -0.05) is 10.3 Å². The number of hydrogen-bond donors (Lipinski definition) is 0. The number of ether oxygens (including phenoxy) is 2. The van der Waals surface area contributed by atoms with Crippen molar-refractivity contribution >= 4 is 0 Å². The lowest BCUT2D eigenvalue weighted by atomic mass is 10.2. The molecular formula is C16H9N5O4. The van der Waals surface area contributed by atoms with Gasteiger partial charge in [-0.15, -0.1) is 0 Å². The molecule has 4 heterocycles. The second-order valence-electron chi connectivity index (χ2n) is 5.15. The van der Waals surface area contributed by atoms with Gasteiger partial charge in [0.1, 0.15) is 0 Å². The van der Waals surface area contributed by atoms with Crippen LogP contribution in [0.4, 0.5) is 0 Å². The highest BCUT2D eigenvalue weighted by molar-refractivity contribution is 5.62. The first kappa shape index (κ1) is 13.7. The molecule has 0 aliphatic carbocycles. The Kier molecular flexibility index (Phi) is 2.96. The van der Waals surface area contributed by atoms with Crippen LogP contribution >= 0.6 is 0 Å². The lowest BCUT2D eigenvalue weighted by molar-refractivity contribution is 0.174. The molecular weight excluding hydrogens is 326 g/mol. The zero-order valence-electron chi connectivity index (χ0n) is 12.6. The van der Waals surface area contributed by atoms with Gasteiger partial charge in [0.15, 0.2) is 11.5 Å². The van der Waals surface area contributed by atoms with Gasteiger partial charge >= 0.3 is 11.8 Å². The van der Waals surface area contributed by atoms with E-state index >= 15 is 0 Å². The van der Waals surface area contributed by atoms with E-state index in [1.807, 2.05) is 6.07 Å². The number of aromatic nitrogens is 5. The van der Waals surface area contributed by atoms with Crippen molar-refractivity contribution in [3.05, 3.63) is 42.7 Å². The predicted octanol–water partition coefficient (Wildman–Crippen LogP) is 2.58. The van der Waals surface area contributed by atoms with E-state index in [4.69, 9.17) is 18.5 Å². The number of hydrogen-bond acceptors (Lipinski definition) is 9. The Morgan fingerprint density at radius 3 is 2.16 bits per heavy atom. The molecule has 0 amide bonds. The molecule has 0 fully saturated rings. The van der Waals surface area contributed by atoms with Gasteiger partial charge in [-0.3, -0.25) is 4.98 Å². The summed E-state index contributed by atoms with van der Waals surface area (Å²) in [5, 5.41) is 7.86. The fourth-order valence-electron chi connectivity index (χ4n) is 2.39. The fourth-order valence-corrected chi connectivity index (χ4v) is 2.39. The summed E-state index contributed by atoms with van der Waals surface area (Å²) in [6, 6.07) is 8.95. The van der Waals surface area contributed by atoms with E-state index in [-0.39, 0.29) is 18.6 Å². The van der Waals surface area contributed by atoms with E-state index < -0.39 is 0 Å². The van der Waals surface area contributed by atoms with Crippen molar-refractivity contribution in [2.45, 2.75) is 0 Å². The Morgan fingerprint density at radius 2 is 1.40 bits per heavy atom. The van der Waals surface area contributed by atoms with Crippen molar-refractivity contribution in [3.8, 4) is 46.1 Å². The van der Waals surface area contributed by atoms with Gasteiger partial charge in [-0.25, -0.2) is 0 Å². The van der Waals surface area contributed by atoms with Gasteiger partial charge < -0.3 is 18.5 Å². The summed E-state index contributed by atoms with van der Waals surface area (Å²) < 4.78 is 21.1. The molecule has 9 nitrogen and oxygen atoms in total. The highest BCUT2D eigenvalue weighted by Gasteiger charge is 2.20. The Labute approximate surface area is 140 Å². The monoisotopic (exact) mass is 335 g/mol. The molecule has 122 valence electrons. The van der Waals surface area contributed by atoms with E-state index in [0.717, 1.165) is 11.1 Å². The van der Waals surface area contributed by atoms with E-state index in [2.05, 4.69) is 25.3 Å². The van der Waals surface area contributed by atoms with Gasteiger partial charge in [0.05, 0.1) is 0 Å². The summed E-state index contributed by atoms with van der Waals surface area (Å²) in [6.45, 7) is 0.204. The molecule has 9 heteroatoms. The molecule has 0 saturated heterocycles. The highest BCUT2D eigenvalue weighted by atomic mass is 16.7. The van der Waals surface area contributed by atoms with Crippen LogP contribution < -0.4 is 9.47 Å². The fraction of sp³-hybridized carbons (Fsp3) is 0.0625. The van der Waals surface area contributed by atoms with Crippen molar-refractivity contribution in [2.75, 3.05) is 6.79 Å². The smallest absolute Gasteiger partial charge is 0.316 e. The topological polar surface area (TPSA) is 109 Å². The molecule has 0 unspecified atom stereocenters. The minimum Gasteiger partial charge on any atom is -0.454 e. The highest BCUT2D eigenvalue weighted by Crippen LogP contribution is 2.35. The second-order valence-corrected chi connectivity index (χ2v) is 5.15. The molecule has 1 aliphatic heterocycles. The first-order chi connectivity index (χ1) is 12.4. The van der Waals surface area contributed by atoms with Crippen LogP contribution in [-0.2, 0) is 0 Å². The van der Waals surface area contributed by atoms with E-state index in [9.17, 15) is 0 Å². The van der Waals surface area contributed by atoms with Crippen molar-refractivity contribution < 1.29 is 18.5 Å². The molecule has 1 aliphatic rings. The number of fused-ring (bicyclic) bond motifs is 1. The zero-order chi connectivity index (χ0) is 16.6. The SMILES string of the molecule is c1cc(-c2noc(-c3nc(-c4ccc5c(c4)OCO5)no3)n2)ccn1. The van der Waals surface area contributed by atoms with Crippen LogP contribution in [0, 0.1) is 0 Å². The normalized spacial score (nSPS) is 12.5. The molecule has 4 aromatic rings. The lowest BCUT2D eigenvalue weighted by Crippen LogP contribution is -1.92. The van der Waals surface area contributed by atoms with E-state index in [1.54, 1.807) is 36.7 Å². The molecule has 3 aromatic heterocycles. The molecule has 0 spiro atoms. The second kappa shape index (κ2) is 5.41. The van der Waals surface area contributed by atoms with Crippen LogP contribution in [-0.4, -0.2) is 32.1 Å². The number of nitrogens with zero attached hydrogens (tertiary/aromatic N) is 5. The van der Waals surface area contributed by atoms with Gasteiger partial charge in [-0.05, 0) is 30.3 Å². The van der Waals surface area contributed by atoms with Crippen LogP contribution in [0.5, 0.6) is 11.5 Å². The van der Waals surface area contributed by atoms with Gasteiger partial charge in [0.25, 0.3) is 0 Å². The van der Waals surface area contributed by atoms with Crippen LogP contribution in [0.1, 0.15) is 0 Å². The van der Waals surface area contributed by atoms with Crippen molar-refractivity contribution in [3.63, 3.8) is 0 Å². The lowest BCUT2D eigenvalue weighted by Gasteiger charge is -1.97. The van der Waals surface area contributed by atoms with Crippen LogP contribution in [0.3, 0.4) is 0 Å². The summed E-state index contributed by atoms with van der Waals surface area (Å²) >= 11 is 0. The van der Waals surface area contributed by atoms with Crippen molar-refractivity contribution in [1.29, 1.82) is 0 Å². The summed E-state index contributed by atoms with van der Waals surface area (Å²) in [6.07, 6.45) is 3.30. The van der Waals surface area contributed by atoms with Crippen molar-refractivity contribution in [2.24, 2.45) is 0 Å². The average Bonchev–Trinajstić information content (AvgIpc) is 3.40. The number of benzene rings is 1. The number of pyridine rings is 1. The Balaban J connectivity index is 1.46. The Hall–Kier alpha value is -3.75. The minimum atomic E-state index is 0.139. The maximum atomic E-state index is 5.35. The molecule has 0 saturated carbocycles. The third-order valence-electron chi connectivity index (χ3n) is 3.60. The van der Waals surface area contributed by atoms with E-state index in [1.165, 1.54) is 0 Å². The molecule has 0 atom stereocenters. The third kappa shape index (κ3) is 2.38. The van der Waals surface area contributed by atoms with Gasteiger partial charge in [0, 0.05) is 23.5 Å². The maximum absolute atomic E-state index is 5.35. The summed E-state index contributed by atoms with van der Waals surface area (Å²) in [5.74, 6) is 2.41. The van der Waals surface area contributed by atoms with Gasteiger partial charge in [0.2, 0.25) is 18.4 Å². The number of rotatable bonds is 3. The summed E-state index contributed by atoms with van der Waals surface area (Å²) in [4.78, 5) is 12.5. The Bertz CT molecular complexity index is 1040. The van der Waals surface area contributed by atoms with Gasteiger partial charge in [-0.2, -0.15) is 9.97 Å². The van der Waals surface area contributed by atoms with Crippen LogP contribution in [0.25, 0.3) is 34.6 Å². The summed E-state index contributed by atoms with van der Waals surface area (Å²) in [5.41, 5.74) is 1.51. The maximum Gasteiger partial charge on any atom is 0.316 e. The molecule has 0 radical (unpaired) electrons. The van der Waals surface area contributed by atoms with Crippen molar-refractivity contribution in [1.82, 2.24) is 25.3 Å². The minimum absolute atomic E-state index is 0.139. The third-order valence-corrected chi connectivity index (χ3v) is 3.60. The zero-order valence-corrected chi connectivity index (χ0v) is 12.6. The first-order valence-electron chi connectivity index (χ1n) is 7.35. The molecule has 1 aromatic carbocycles. The standard InChI is InChI=1S/C16H9N5O4/c1-2-11-12(23-8-22-11)7-10(1)14-19-16(25-21-14)15-18-13(20-24-15)9-3-5-17-6-4-9/h1-7H,8H2. The summed E-state index contributed by atoms with van der Waals surface area (Å²) in [7, 11) is 0. The quantitative estimate of drug-likeness (QED) is 0.558. The Morgan fingerprint density at radius 1 is 0.720 bits per heavy atom. The van der Waals surface area contributed by atoms with Crippen LogP contribution in [0.2, 0.25) is 0 Å².